The second kappa shape index (κ2) is 9.68. The van der Waals surface area contributed by atoms with Gasteiger partial charge in [-0.3, -0.25) is 4.90 Å². The van der Waals surface area contributed by atoms with E-state index in [0.717, 1.165) is 11.1 Å². The zero-order chi connectivity index (χ0) is 25.1. The van der Waals surface area contributed by atoms with Crippen molar-refractivity contribution in [2.75, 3.05) is 26.2 Å². The average molecular weight is 473 g/mol. The lowest BCUT2D eigenvalue weighted by Gasteiger charge is -2.39. The van der Waals surface area contributed by atoms with Crippen LogP contribution in [-0.2, 0) is 0 Å². The molecule has 0 N–H and O–H groups in total. The minimum absolute atomic E-state index is 0.0839. The van der Waals surface area contributed by atoms with E-state index < -0.39 is 0 Å². The van der Waals surface area contributed by atoms with Gasteiger partial charge in [0.05, 0.1) is 46.5 Å². The van der Waals surface area contributed by atoms with Crippen molar-refractivity contribution in [3.63, 3.8) is 0 Å². The standard InChI is InChI=1S/C27H20N8O/c28-16-19-1-6-22(7-2-19)26(23-8-3-20(17-29)4-9-23)33-11-13-34(14-12-33)27(36)35-25-10-5-21(18-30)15-24(25)31-32-35/h1-10,15,26H,11-14H2. The highest BCUT2D eigenvalue weighted by atomic mass is 16.2. The minimum atomic E-state index is -0.254. The summed E-state index contributed by atoms with van der Waals surface area (Å²) in [5, 5.41) is 35.5. The van der Waals surface area contributed by atoms with Gasteiger partial charge < -0.3 is 4.90 Å². The van der Waals surface area contributed by atoms with Crippen molar-refractivity contribution in [1.29, 1.82) is 15.8 Å². The van der Waals surface area contributed by atoms with Gasteiger partial charge in [0.2, 0.25) is 0 Å². The average Bonchev–Trinajstić information content (AvgIpc) is 3.37. The van der Waals surface area contributed by atoms with E-state index in [-0.39, 0.29) is 12.1 Å². The minimum Gasteiger partial charge on any atom is -0.320 e. The predicted molar refractivity (Wildman–Crippen MR) is 130 cm³/mol. The third-order valence-electron chi connectivity index (χ3n) is 6.42. The van der Waals surface area contributed by atoms with E-state index in [2.05, 4.69) is 33.4 Å². The van der Waals surface area contributed by atoms with Gasteiger partial charge in [-0.2, -0.15) is 20.5 Å². The number of amides is 1. The SMILES string of the molecule is N#Cc1ccc(C(c2ccc(C#N)cc2)N2CCN(C(=O)n3nnc4cc(C#N)ccc43)CC2)cc1. The maximum atomic E-state index is 13.2. The van der Waals surface area contributed by atoms with Crippen LogP contribution in [0.4, 0.5) is 4.79 Å². The second-order valence-electron chi connectivity index (χ2n) is 8.49. The number of hydrogen-bond donors (Lipinski definition) is 0. The van der Waals surface area contributed by atoms with Gasteiger partial charge in [0.15, 0.2) is 0 Å². The molecule has 1 aliphatic heterocycles. The van der Waals surface area contributed by atoms with Crippen molar-refractivity contribution in [1.82, 2.24) is 24.8 Å². The lowest BCUT2D eigenvalue weighted by Crippen LogP contribution is -2.51. The van der Waals surface area contributed by atoms with Crippen LogP contribution < -0.4 is 0 Å². The first kappa shape index (κ1) is 22.7. The number of nitriles is 3. The summed E-state index contributed by atoms with van der Waals surface area (Å²) in [5.41, 5.74) is 4.79. The van der Waals surface area contributed by atoms with E-state index in [0.29, 0.717) is 53.9 Å². The van der Waals surface area contributed by atoms with Crippen LogP contribution in [0.25, 0.3) is 11.0 Å². The van der Waals surface area contributed by atoms with E-state index in [9.17, 15) is 15.3 Å². The molecule has 0 bridgehead atoms. The monoisotopic (exact) mass is 472 g/mol. The first-order valence-corrected chi connectivity index (χ1v) is 11.4. The molecule has 0 aliphatic carbocycles. The van der Waals surface area contributed by atoms with Crippen molar-refractivity contribution in [2.45, 2.75) is 6.04 Å². The molecule has 9 nitrogen and oxygen atoms in total. The van der Waals surface area contributed by atoms with Gasteiger partial charge in [0.1, 0.15) is 5.52 Å². The molecule has 1 fully saturated rings. The van der Waals surface area contributed by atoms with Crippen LogP contribution in [0.5, 0.6) is 0 Å². The molecular formula is C27H20N8O. The molecule has 1 saturated heterocycles. The number of carbonyl (C=O) groups excluding carboxylic acids is 1. The molecule has 36 heavy (non-hydrogen) atoms. The lowest BCUT2D eigenvalue weighted by atomic mass is 9.95. The highest BCUT2D eigenvalue weighted by Gasteiger charge is 2.29. The van der Waals surface area contributed by atoms with Crippen LogP contribution in [0.15, 0.2) is 66.7 Å². The van der Waals surface area contributed by atoms with Crippen LogP contribution in [-0.4, -0.2) is 57.0 Å². The molecule has 0 spiro atoms. The van der Waals surface area contributed by atoms with Crippen molar-refractivity contribution < 1.29 is 4.79 Å². The molecular weight excluding hydrogens is 452 g/mol. The van der Waals surface area contributed by atoms with Crippen molar-refractivity contribution in [3.05, 3.63) is 94.5 Å². The highest BCUT2D eigenvalue weighted by molar-refractivity contribution is 5.88. The maximum absolute atomic E-state index is 13.2. The summed E-state index contributed by atoms with van der Waals surface area (Å²) in [4.78, 5) is 17.3. The van der Waals surface area contributed by atoms with Crippen LogP contribution in [0.2, 0.25) is 0 Å². The fourth-order valence-corrected chi connectivity index (χ4v) is 4.53. The Hall–Kier alpha value is -5.04. The van der Waals surface area contributed by atoms with Crippen molar-refractivity contribution in [2.24, 2.45) is 0 Å². The van der Waals surface area contributed by atoms with Gasteiger partial charge in [-0.05, 0) is 53.6 Å². The first-order valence-electron chi connectivity index (χ1n) is 11.4. The van der Waals surface area contributed by atoms with Gasteiger partial charge in [-0.15, -0.1) is 5.10 Å². The van der Waals surface area contributed by atoms with Crippen molar-refractivity contribution in [3.8, 4) is 18.2 Å². The van der Waals surface area contributed by atoms with Gasteiger partial charge in [-0.25, -0.2) is 4.79 Å². The zero-order valence-corrected chi connectivity index (χ0v) is 19.2. The summed E-state index contributed by atoms with van der Waals surface area (Å²) in [6, 6.07) is 26.0. The third kappa shape index (κ3) is 4.25. The number of rotatable bonds is 3. The molecule has 0 saturated carbocycles. The fraction of sp³-hybridized carbons (Fsp3) is 0.185. The Bertz CT molecular complexity index is 1490. The fourth-order valence-electron chi connectivity index (χ4n) is 4.53. The van der Waals surface area contributed by atoms with Crippen molar-refractivity contribution >= 4 is 17.1 Å². The third-order valence-corrected chi connectivity index (χ3v) is 6.42. The number of aromatic nitrogens is 3. The van der Waals surface area contributed by atoms with Gasteiger partial charge in [0.25, 0.3) is 0 Å². The molecule has 1 aromatic heterocycles. The second-order valence-corrected chi connectivity index (χ2v) is 8.49. The number of carbonyl (C=O) groups is 1. The predicted octanol–water partition coefficient (Wildman–Crippen LogP) is 3.42. The molecule has 0 unspecified atom stereocenters. The topological polar surface area (TPSA) is 126 Å². The molecule has 9 heteroatoms. The number of fused-ring (bicyclic) bond motifs is 1. The van der Waals surface area contributed by atoms with Crippen LogP contribution in [0.1, 0.15) is 33.9 Å². The maximum Gasteiger partial charge on any atom is 0.346 e. The molecule has 1 aliphatic rings. The Morgan fingerprint density at radius 2 is 1.28 bits per heavy atom. The van der Waals surface area contributed by atoms with E-state index in [1.807, 2.05) is 24.3 Å². The first-order chi connectivity index (χ1) is 17.6. The number of piperazine rings is 1. The normalized spacial score (nSPS) is 13.8. The Morgan fingerprint density at radius 1 is 0.750 bits per heavy atom. The summed E-state index contributed by atoms with van der Waals surface area (Å²) < 4.78 is 1.28. The van der Waals surface area contributed by atoms with E-state index in [1.54, 1.807) is 47.4 Å². The van der Waals surface area contributed by atoms with Crippen LogP contribution in [0, 0.1) is 34.0 Å². The van der Waals surface area contributed by atoms with Gasteiger partial charge in [0, 0.05) is 26.2 Å². The summed E-state index contributed by atoms with van der Waals surface area (Å²) in [7, 11) is 0. The number of nitrogens with zero attached hydrogens (tertiary/aromatic N) is 8. The molecule has 2 heterocycles. The largest absolute Gasteiger partial charge is 0.346 e. The molecule has 3 aromatic carbocycles. The highest BCUT2D eigenvalue weighted by Crippen LogP contribution is 2.30. The Morgan fingerprint density at radius 3 is 1.81 bits per heavy atom. The summed E-state index contributed by atoms with van der Waals surface area (Å²) in [6.07, 6.45) is 0. The zero-order valence-electron chi connectivity index (χ0n) is 19.2. The number of hydrogen-bond acceptors (Lipinski definition) is 7. The Labute approximate surface area is 207 Å². The molecule has 1 amide bonds. The van der Waals surface area contributed by atoms with Gasteiger partial charge in [-0.1, -0.05) is 29.5 Å². The quantitative estimate of drug-likeness (QED) is 0.447. The van der Waals surface area contributed by atoms with E-state index in [1.165, 1.54) is 4.68 Å². The van der Waals surface area contributed by atoms with E-state index in [4.69, 9.17) is 5.26 Å². The smallest absolute Gasteiger partial charge is 0.320 e. The Kier molecular flexibility index (Phi) is 6.11. The lowest BCUT2D eigenvalue weighted by molar-refractivity contribution is 0.120. The van der Waals surface area contributed by atoms with E-state index >= 15 is 0 Å². The number of benzene rings is 3. The summed E-state index contributed by atoms with van der Waals surface area (Å²) >= 11 is 0. The molecule has 5 rings (SSSR count). The van der Waals surface area contributed by atoms with Crippen LogP contribution >= 0.6 is 0 Å². The molecule has 4 aromatic rings. The molecule has 174 valence electrons. The molecule has 0 radical (unpaired) electrons. The summed E-state index contributed by atoms with van der Waals surface area (Å²) in [6.45, 7) is 2.25. The Balaban J connectivity index is 1.37. The summed E-state index contributed by atoms with van der Waals surface area (Å²) in [5.74, 6) is 0. The van der Waals surface area contributed by atoms with Crippen LogP contribution in [0.3, 0.4) is 0 Å². The molecule has 0 atom stereocenters. The van der Waals surface area contributed by atoms with Gasteiger partial charge >= 0.3 is 6.03 Å².